The third-order valence-corrected chi connectivity index (χ3v) is 5.65. The summed E-state index contributed by atoms with van der Waals surface area (Å²) in [6.45, 7) is 2.09. The number of benzene rings is 1. The van der Waals surface area contributed by atoms with Crippen LogP contribution in [-0.2, 0) is 16.6 Å². The standard InChI is InChI=1S/C16H15N5O4S2/c1-2-21-14(22)8-7-13(19-21)15(23)18-11-3-5-12(6-4-11)27(24,25)20-16-17-9-10-26-16/h3-10H,2H2,1H3,(H,17,20)(H,18,23). The maximum absolute atomic E-state index is 12.3. The Morgan fingerprint density at radius 3 is 2.56 bits per heavy atom. The topological polar surface area (TPSA) is 123 Å². The number of rotatable bonds is 6. The molecule has 0 unspecified atom stereocenters. The Kier molecular flexibility index (Phi) is 5.33. The number of hydrogen-bond acceptors (Lipinski definition) is 7. The molecule has 9 nitrogen and oxygen atoms in total. The summed E-state index contributed by atoms with van der Waals surface area (Å²) in [6.07, 6.45) is 1.50. The lowest BCUT2D eigenvalue weighted by atomic mass is 10.3. The Morgan fingerprint density at radius 1 is 1.19 bits per heavy atom. The minimum atomic E-state index is -3.76. The van der Waals surface area contributed by atoms with Crippen molar-refractivity contribution in [3.63, 3.8) is 0 Å². The van der Waals surface area contributed by atoms with Gasteiger partial charge in [0, 0.05) is 29.9 Å². The summed E-state index contributed by atoms with van der Waals surface area (Å²) in [5, 5.41) is 8.50. The Morgan fingerprint density at radius 2 is 1.93 bits per heavy atom. The van der Waals surface area contributed by atoms with Crippen molar-refractivity contribution < 1.29 is 13.2 Å². The minimum Gasteiger partial charge on any atom is -0.321 e. The number of sulfonamides is 1. The van der Waals surface area contributed by atoms with Gasteiger partial charge >= 0.3 is 0 Å². The number of hydrogen-bond donors (Lipinski definition) is 2. The first-order valence-corrected chi connectivity index (χ1v) is 10.2. The zero-order valence-electron chi connectivity index (χ0n) is 14.1. The highest BCUT2D eigenvalue weighted by Crippen LogP contribution is 2.19. The van der Waals surface area contributed by atoms with E-state index in [1.807, 2.05) is 0 Å². The summed E-state index contributed by atoms with van der Waals surface area (Å²) in [5.74, 6) is -0.506. The number of amides is 1. The molecule has 0 spiro atoms. The monoisotopic (exact) mass is 405 g/mol. The van der Waals surface area contributed by atoms with Gasteiger partial charge in [0.2, 0.25) is 0 Å². The smallest absolute Gasteiger partial charge is 0.276 e. The number of anilines is 2. The van der Waals surface area contributed by atoms with E-state index in [1.165, 1.54) is 58.6 Å². The first kappa shape index (κ1) is 18.7. The molecule has 140 valence electrons. The molecule has 0 saturated heterocycles. The second kappa shape index (κ2) is 7.68. The van der Waals surface area contributed by atoms with Crippen molar-refractivity contribution in [3.8, 4) is 0 Å². The average molecular weight is 405 g/mol. The first-order valence-electron chi connectivity index (χ1n) is 7.81. The van der Waals surface area contributed by atoms with E-state index in [2.05, 4.69) is 20.1 Å². The van der Waals surface area contributed by atoms with Crippen LogP contribution in [0.4, 0.5) is 10.8 Å². The molecule has 3 rings (SSSR count). The van der Waals surface area contributed by atoms with E-state index in [-0.39, 0.29) is 21.3 Å². The molecule has 3 aromatic rings. The zero-order valence-corrected chi connectivity index (χ0v) is 15.8. The van der Waals surface area contributed by atoms with Crippen LogP contribution >= 0.6 is 11.3 Å². The average Bonchev–Trinajstić information content (AvgIpc) is 3.14. The van der Waals surface area contributed by atoms with Crippen LogP contribution in [0.15, 0.2) is 57.7 Å². The predicted octanol–water partition coefficient (Wildman–Crippen LogP) is 1.77. The molecule has 0 fully saturated rings. The molecule has 0 atom stereocenters. The third-order valence-electron chi connectivity index (χ3n) is 3.48. The van der Waals surface area contributed by atoms with Crippen molar-refractivity contribution in [1.29, 1.82) is 0 Å². The summed E-state index contributed by atoms with van der Waals surface area (Å²) in [5.41, 5.74) is 0.180. The molecule has 11 heteroatoms. The Hall–Kier alpha value is -3.05. The fourth-order valence-corrected chi connectivity index (χ4v) is 3.95. The first-order chi connectivity index (χ1) is 12.9. The number of carbonyl (C=O) groups is 1. The molecule has 2 N–H and O–H groups in total. The number of thiazole rings is 1. The van der Waals surface area contributed by atoms with Gasteiger partial charge in [0.15, 0.2) is 5.13 Å². The number of aromatic nitrogens is 3. The number of carbonyl (C=O) groups excluding carboxylic acids is 1. The molecule has 0 aliphatic carbocycles. The van der Waals surface area contributed by atoms with Crippen LogP contribution in [0, 0.1) is 0 Å². The number of nitrogens with zero attached hydrogens (tertiary/aromatic N) is 3. The van der Waals surface area contributed by atoms with Crippen LogP contribution in [0.1, 0.15) is 17.4 Å². The molecule has 1 amide bonds. The molecule has 2 heterocycles. The molecule has 0 radical (unpaired) electrons. The van der Waals surface area contributed by atoms with Gasteiger partial charge in [0.05, 0.1) is 4.90 Å². The van der Waals surface area contributed by atoms with E-state index < -0.39 is 15.9 Å². The van der Waals surface area contributed by atoms with E-state index in [0.29, 0.717) is 12.2 Å². The highest BCUT2D eigenvalue weighted by molar-refractivity contribution is 7.93. The lowest BCUT2D eigenvalue weighted by molar-refractivity contribution is 0.102. The van der Waals surface area contributed by atoms with E-state index in [0.717, 1.165) is 0 Å². The summed E-state index contributed by atoms with van der Waals surface area (Å²) < 4.78 is 28.1. The number of nitrogens with one attached hydrogen (secondary N) is 2. The van der Waals surface area contributed by atoms with Crippen LogP contribution in [0.25, 0.3) is 0 Å². The van der Waals surface area contributed by atoms with Crippen molar-refractivity contribution in [1.82, 2.24) is 14.8 Å². The van der Waals surface area contributed by atoms with Crippen LogP contribution < -0.4 is 15.6 Å². The van der Waals surface area contributed by atoms with Crippen LogP contribution in [0.5, 0.6) is 0 Å². The Balaban J connectivity index is 1.74. The van der Waals surface area contributed by atoms with Gasteiger partial charge in [-0.05, 0) is 37.3 Å². The van der Waals surface area contributed by atoms with Crippen LogP contribution in [-0.4, -0.2) is 29.1 Å². The second-order valence-electron chi connectivity index (χ2n) is 5.29. The van der Waals surface area contributed by atoms with Gasteiger partial charge in [-0.3, -0.25) is 14.3 Å². The molecular formula is C16H15N5O4S2. The minimum absolute atomic E-state index is 0.0355. The molecule has 0 aliphatic heterocycles. The highest BCUT2D eigenvalue weighted by Gasteiger charge is 2.16. The van der Waals surface area contributed by atoms with E-state index in [4.69, 9.17) is 0 Å². The molecule has 0 bridgehead atoms. The van der Waals surface area contributed by atoms with E-state index in [9.17, 15) is 18.0 Å². The SMILES string of the molecule is CCn1nc(C(=O)Nc2ccc(S(=O)(=O)Nc3nccs3)cc2)ccc1=O. The third kappa shape index (κ3) is 4.38. The maximum Gasteiger partial charge on any atom is 0.276 e. The summed E-state index contributed by atoms with van der Waals surface area (Å²) in [6, 6.07) is 8.26. The van der Waals surface area contributed by atoms with Gasteiger partial charge < -0.3 is 5.32 Å². The quantitative estimate of drug-likeness (QED) is 0.644. The Labute approximate surface area is 158 Å². The van der Waals surface area contributed by atoms with E-state index in [1.54, 1.807) is 12.3 Å². The van der Waals surface area contributed by atoms with Gasteiger partial charge in [0.25, 0.3) is 21.5 Å². The normalized spacial score (nSPS) is 11.1. The lowest BCUT2D eigenvalue weighted by Gasteiger charge is -2.08. The van der Waals surface area contributed by atoms with Crippen LogP contribution in [0.2, 0.25) is 0 Å². The lowest BCUT2D eigenvalue weighted by Crippen LogP contribution is -2.25. The largest absolute Gasteiger partial charge is 0.321 e. The van der Waals surface area contributed by atoms with Crippen molar-refractivity contribution >= 4 is 38.1 Å². The van der Waals surface area contributed by atoms with Gasteiger partial charge in [-0.25, -0.2) is 18.1 Å². The zero-order chi connectivity index (χ0) is 19.4. The maximum atomic E-state index is 12.3. The fraction of sp³-hybridized carbons (Fsp3) is 0.125. The predicted molar refractivity (Wildman–Crippen MR) is 101 cm³/mol. The molecule has 2 aromatic heterocycles. The molecule has 0 aliphatic rings. The van der Waals surface area contributed by atoms with Gasteiger partial charge in [0.1, 0.15) is 5.69 Å². The van der Waals surface area contributed by atoms with Crippen molar-refractivity contribution in [2.75, 3.05) is 10.0 Å². The fourth-order valence-electron chi connectivity index (χ4n) is 2.16. The van der Waals surface area contributed by atoms with Crippen LogP contribution in [0.3, 0.4) is 0 Å². The molecule has 27 heavy (non-hydrogen) atoms. The van der Waals surface area contributed by atoms with Crippen molar-refractivity contribution in [2.45, 2.75) is 18.4 Å². The second-order valence-corrected chi connectivity index (χ2v) is 7.87. The summed E-state index contributed by atoms with van der Waals surface area (Å²) >= 11 is 1.17. The Bertz CT molecular complexity index is 1110. The van der Waals surface area contributed by atoms with E-state index >= 15 is 0 Å². The van der Waals surface area contributed by atoms with Gasteiger partial charge in [-0.1, -0.05) is 0 Å². The summed E-state index contributed by atoms with van der Waals surface area (Å²) in [7, 11) is -3.76. The highest BCUT2D eigenvalue weighted by atomic mass is 32.2. The molecular weight excluding hydrogens is 390 g/mol. The summed E-state index contributed by atoms with van der Waals surface area (Å²) in [4.78, 5) is 27.7. The number of aryl methyl sites for hydroxylation is 1. The molecule has 1 aromatic carbocycles. The van der Waals surface area contributed by atoms with Gasteiger partial charge in [-0.2, -0.15) is 5.10 Å². The molecule has 0 saturated carbocycles. The van der Waals surface area contributed by atoms with Gasteiger partial charge in [-0.15, -0.1) is 11.3 Å². The van der Waals surface area contributed by atoms with Crippen molar-refractivity contribution in [2.24, 2.45) is 0 Å². The van der Waals surface area contributed by atoms with Crippen molar-refractivity contribution in [3.05, 3.63) is 64.0 Å².